The molecule has 1 fully saturated rings. The van der Waals surface area contributed by atoms with E-state index in [1.807, 2.05) is 35.7 Å². The van der Waals surface area contributed by atoms with Gasteiger partial charge in [-0.15, -0.1) is 21.5 Å². The molecule has 3 aromatic rings. The van der Waals surface area contributed by atoms with Gasteiger partial charge in [0.25, 0.3) is 11.8 Å². The van der Waals surface area contributed by atoms with E-state index in [4.69, 9.17) is 16.0 Å². The highest BCUT2D eigenvalue weighted by molar-refractivity contribution is 7.13. The zero-order chi connectivity index (χ0) is 17.2. The van der Waals surface area contributed by atoms with Crippen LogP contribution >= 0.6 is 22.9 Å². The summed E-state index contributed by atoms with van der Waals surface area (Å²) in [5.41, 5.74) is 1.19. The molecule has 1 N–H and O–H groups in total. The molecule has 1 atom stereocenters. The van der Waals surface area contributed by atoms with Gasteiger partial charge < -0.3 is 14.2 Å². The fraction of sp³-hybridized carbons (Fsp3) is 0.333. The van der Waals surface area contributed by atoms with Crippen molar-refractivity contribution in [1.82, 2.24) is 10.2 Å². The van der Waals surface area contributed by atoms with Crippen LogP contribution in [0.3, 0.4) is 0 Å². The van der Waals surface area contributed by atoms with Crippen molar-refractivity contribution < 1.29 is 9.32 Å². The van der Waals surface area contributed by atoms with Crippen LogP contribution in [0.15, 0.2) is 46.2 Å². The van der Waals surface area contributed by atoms with Crippen LogP contribution in [-0.4, -0.2) is 36.4 Å². The third-order valence-corrected chi connectivity index (χ3v) is 5.83. The molecule has 0 amide bonds. The monoisotopic (exact) mass is 375 g/mol. The highest BCUT2D eigenvalue weighted by Crippen LogP contribution is 2.24. The molecule has 0 saturated carbocycles. The van der Waals surface area contributed by atoms with Gasteiger partial charge in [0, 0.05) is 10.7 Å². The van der Waals surface area contributed by atoms with Crippen LogP contribution in [-0.2, 0) is 0 Å². The first kappa shape index (κ1) is 16.6. The topological polar surface area (TPSA) is 46.6 Å². The van der Waals surface area contributed by atoms with Gasteiger partial charge in [-0.2, -0.15) is 0 Å². The van der Waals surface area contributed by atoms with Crippen LogP contribution in [0.1, 0.15) is 18.9 Å². The van der Waals surface area contributed by atoms with Gasteiger partial charge in [-0.3, -0.25) is 0 Å². The largest absolute Gasteiger partial charge is 0.414 e. The van der Waals surface area contributed by atoms with Crippen molar-refractivity contribution in [3.05, 3.63) is 52.7 Å². The van der Waals surface area contributed by atoms with Crippen LogP contribution in [0, 0.1) is 0 Å². The number of anilines is 1. The minimum absolute atomic E-state index is 0.197. The first-order valence-corrected chi connectivity index (χ1v) is 9.69. The van der Waals surface area contributed by atoms with Crippen molar-refractivity contribution in [2.75, 3.05) is 31.1 Å². The normalized spacial score (nSPS) is 17.0. The molecule has 3 heterocycles. The summed E-state index contributed by atoms with van der Waals surface area (Å²) in [6, 6.07) is 12.3. The predicted molar refractivity (Wildman–Crippen MR) is 100 cm³/mol. The van der Waals surface area contributed by atoms with Gasteiger partial charge in [0.2, 0.25) is 0 Å². The molecule has 0 spiro atoms. The van der Waals surface area contributed by atoms with E-state index in [-0.39, 0.29) is 6.04 Å². The molecule has 1 aliphatic heterocycles. The third kappa shape index (κ3) is 3.56. The number of thiophene rings is 1. The zero-order valence-corrected chi connectivity index (χ0v) is 15.6. The molecular weight excluding hydrogens is 356 g/mol. The Kier molecular flexibility index (Phi) is 4.74. The molecule has 0 aliphatic carbocycles. The molecule has 7 heteroatoms. The number of nitrogens with zero attached hydrogens (tertiary/aromatic N) is 3. The number of nitrogens with one attached hydrogen (secondary N) is 1. The Bertz CT molecular complexity index is 827. The fourth-order valence-corrected chi connectivity index (χ4v) is 4.07. The molecule has 5 nitrogen and oxygen atoms in total. The second kappa shape index (κ2) is 7.15. The Balaban J connectivity index is 1.40. The van der Waals surface area contributed by atoms with E-state index in [1.54, 1.807) is 11.3 Å². The maximum Gasteiger partial charge on any atom is 0.274 e. The minimum Gasteiger partial charge on any atom is -0.414 e. The highest BCUT2D eigenvalue weighted by atomic mass is 35.5. The van der Waals surface area contributed by atoms with E-state index >= 15 is 0 Å². The van der Waals surface area contributed by atoms with E-state index < -0.39 is 0 Å². The van der Waals surface area contributed by atoms with Gasteiger partial charge >= 0.3 is 0 Å². The first-order chi connectivity index (χ1) is 12.2. The molecule has 4 rings (SSSR count). The summed E-state index contributed by atoms with van der Waals surface area (Å²) in [4.78, 5) is 4.87. The zero-order valence-electron chi connectivity index (χ0n) is 14.0. The van der Waals surface area contributed by atoms with Crippen LogP contribution in [0.4, 0.5) is 5.69 Å². The Labute approximate surface area is 155 Å². The van der Waals surface area contributed by atoms with Crippen molar-refractivity contribution in [2.24, 2.45) is 0 Å². The van der Waals surface area contributed by atoms with Crippen molar-refractivity contribution >= 4 is 28.6 Å². The maximum absolute atomic E-state index is 6.11. The molecular formula is C18H20ClN4OS+. The summed E-state index contributed by atoms with van der Waals surface area (Å²) in [5, 5.41) is 11.3. The number of aromatic nitrogens is 2. The van der Waals surface area contributed by atoms with Crippen LogP contribution in [0.5, 0.6) is 0 Å². The molecule has 2 aromatic heterocycles. The second-order valence-corrected chi connectivity index (χ2v) is 7.65. The Morgan fingerprint density at radius 1 is 1.20 bits per heavy atom. The number of benzene rings is 1. The number of quaternary nitrogens is 1. The van der Waals surface area contributed by atoms with Crippen molar-refractivity contribution in [3.8, 4) is 10.8 Å². The summed E-state index contributed by atoms with van der Waals surface area (Å²) in [6.45, 7) is 6.21. The summed E-state index contributed by atoms with van der Waals surface area (Å²) in [6.07, 6.45) is 0. The van der Waals surface area contributed by atoms with Gasteiger partial charge in [-0.25, -0.2) is 0 Å². The molecule has 0 radical (unpaired) electrons. The summed E-state index contributed by atoms with van der Waals surface area (Å²) < 4.78 is 5.91. The lowest BCUT2D eigenvalue weighted by Crippen LogP contribution is -3.14. The Morgan fingerprint density at radius 2 is 2.04 bits per heavy atom. The SMILES string of the molecule is C[C@H](c1nnc(-c2cccs2)o1)[NH+]1CCN(c2cccc(Cl)c2)CC1. The molecule has 0 bridgehead atoms. The van der Waals surface area contributed by atoms with E-state index in [0.29, 0.717) is 5.89 Å². The average molecular weight is 376 g/mol. The summed E-state index contributed by atoms with van der Waals surface area (Å²) in [5.74, 6) is 1.34. The van der Waals surface area contributed by atoms with Gasteiger partial charge in [-0.1, -0.05) is 23.7 Å². The lowest BCUT2D eigenvalue weighted by molar-refractivity contribution is -0.931. The number of rotatable bonds is 4. The number of hydrogen-bond donors (Lipinski definition) is 1. The van der Waals surface area contributed by atoms with Crippen LogP contribution in [0.25, 0.3) is 10.8 Å². The first-order valence-electron chi connectivity index (χ1n) is 8.43. The van der Waals surface area contributed by atoms with Crippen molar-refractivity contribution in [1.29, 1.82) is 0 Å². The summed E-state index contributed by atoms with van der Waals surface area (Å²) >= 11 is 7.72. The van der Waals surface area contributed by atoms with Crippen LogP contribution in [0.2, 0.25) is 5.02 Å². The number of piperazine rings is 1. The Hall–Kier alpha value is -1.89. The van der Waals surface area contributed by atoms with Gasteiger partial charge in [0.05, 0.1) is 31.1 Å². The average Bonchev–Trinajstić information content (AvgIpc) is 3.32. The van der Waals surface area contributed by atoms with E-state index in [2.05, 4.69) is 28.1 Å². The van der Waals surface area contributed by atoms with E-state index in [9.17, 15) is 0 Å². The van der Waals surface area contributed by atoms with Crippen molar-refractivity contribution in [3.63, 3.8) is 0 Å². The van der Waals surface area contributed by atoms with E-state index in [0.717, 1.165) is 42.0 Å². The molecule has 130 valence electrons. The Morgan fingerprint density at radius 3 is 2.76 bits per heavy atom. The van der Waals surface area contributed by atoms with Gasteiger partial charge in [0.15, 0.2) is 6.04 Å². The van der Waals surface area contributed by atoms with Crippen LogP contribution < -0.4 is 9.80 Å². The smallest absolute Gasteiger partial charge is 0.274 e. The predicted octanol–water partition coefficient (Wildman–Crippen LogP) is 2.92. The molecule has 25 heavy (non-hydrogen) atoms. The molecule has 1 aromatic carbocycles. The fourth-order valence-electron chi connectivity index (χ4n) is 3.24. The van der Waals surface area contributed by atoms with E-state index in [1.165, 1.54) is 10.6 Å². The van der Waals surface area contributed by atoms with Crippen molar-refractivity contribution in [2.45, 2.75) is 13.0 Å². The quantitative estimate of drug-likeness (QED) is 0.761. The molecule has 1 saturated heterocycles. The number of halogens is 1. The molecule has 0 unspecified atom stereocenters. The lowest BCUT2D eigenvalue weighted by atomic mass is 10.2. The highest BCUT2D eigenvalue weighted by Gasteiger charge is 2.29. The maximum atomic E-state index is 6.11. The molecule has 1 aliphatic rings. The lowest BCUT2D eigenvalue weighted by Gasteiger charge is -2.35. The second-order valence-electron chi connectivity index (χ2n) is 6.27. The minimum atomic E-state index is 0.197. The van der Waals surface area contributed by atoms with Gasteiger partial charge in [-0.05, 0) is 36.6 Å². The summed E-state index contributed by atoms with van der Waals surface area (Å²) in [7, 11) is 0. The number of hydrogen-bond acceptors (Lipinski definition) is 5. The van der Waals surface area contributed by atoms with Gasteiger partial charge in [0.1, 0.15) is 0 Å². The standard InChI is InChI=1S/C18H19ClN4OS/c1-13(17-20-21-18(24-17)16-6-3-11-25-16)22-7-9-23(10-8-22)15-5-2-4-14(19)12-15/h2-6,11-13H,7-10H2,1H3/p+1/t13-/m1/s1. The third-order valence-electron chi connectivity index (χ3n) is 4.73.